The van der Waals surface area contributed by atoms with Crippen molar-refractivity contribution in [3.8, 4) is 0 Å². The molecule has 0 aliphatic carbocycles. The number of likely N-dealkylation sites (N-methyl/N-ethyl adjacent to an activating group) is 1. The van der Waals surface area contributed by atoms with Gasteiger partial charge in [-0.25, -0.2) is 4.79 Å². The predicted molar refractivity (Wildman–Crippen MR) is 79.1 cm³/mol. The average molecular weight is 328 g/mol. The largest absolute Gasteiger partial charge is 0.357 e. The highest BCUT2D eigenvalue weighted by Gasteiger charge is 2.18. The number of halogens is 1. The molecule has 5 nitrogen and oxygen atoms in total. The van der Waals surface area contributed by atoms with E-state index in [1.165, 1.54) is 0 Å². The molecular weight excluding hydrogens is 310 g/mol. The van der Waals surface area contributed by atoms with Crippen molar-refractivity contribution in [1.82, 2.24) is 10.6 Å². The first kappa shape index (κ1) is 15.5. The van der Waals surface area contributed by atoms with Gasteiger partial charge in [0.2, 0.25) is 5.91 Å². The average Bonchev–Trinajstić information content (AvgIpc) is 2.40. The summed E-state index contributed by atoms with van der Waals surface area (Å²) in [7, 11) is 1.55. The van der Waals surface area contributed by atoms with E-state index in [9.17, 15) is 9.59 Å². The zero-order valence-electron chi connectivity index (χ0n) is 11.0. The summed E-state index contributed by atoms with van der Waals surface area (Å²) in [4.78, 5) is 23.4. The van der Waals surface area contributed by atoms with Crippen molar-refractivity contribution in [1.29, 1.82) is 0 Å². The molecule has 0 saturated heterocycles. The highest BCUT2D eigenvalue weighted by Crippen LogP contribution is 2.13. The van der Waals surface area contributed by atoms with Gasteiger partial charge in [-0.05, 0) is 30.7 Å². The zero-order valence-corrected chi connectivity index (χ0v) is 12.6. The van der Waals surface area contributed by atoms with Crippen LogP contribution in [0.25, 0.3) is 0 Å². The van der Waals surface area contributed by atoms with E-state index >= 15 is 0 Å². The maximum Gasteiger partial charge on any atom is 0.319 e. The van der Waals surface area contributed by atoms with Crippen LogP contribution in [0.4, 0.5) is 10.5 Å². The smallest absolute Gasteiger partial charge is 0.319 e. The minimum absolute atomic E-state index is 0.187. The van der Waals surface area contributed by atoms with E-state index in [1.54, 1.807) is 19.2 Å². The summed E-state index contributed by atoms with van der Waals surface area (Å²) in [6, 6.07) is 6.32. The molecule has 0 saturated carbocycles. The molecule has 0 aromatic heterocycles. The molecule has 3 N–H and O–H groups in total. The van der Waals surface area contributed by atoms with Crippen LogP contribution in [-0.2, 0) is 4.79 Å². The molecule has 3 amide bonds. The maximum absolute atomic E-state index is 11.8. The number of hydrogen-bond acceptors (Lipinski definition) is 2. The normalized spacial score (nSPS) is 11.5. The first-order valence-corrected chi connectivity index (χ1v) is 6.90. The molecule has 0 bridgehead atoms. The number of hydrogen-bond donors (Lipinski definition) is 3. The van der Waals surface area contributed by atoms with Crippen molar-refractivity contribution in [3.05, 3.63) is 28.7 Å². The van der Waals surface area contributed by atoms with Crippen LogP contribution in [0.15, 0.2) is 28.7 Å². The molecule has 1 atom stereocenters. The lowest BCUT2D eigenvalue weighted by atomic mass is 10.1. The van der Waals surface area contributed by atoms with Gasteiger partial charge in [0.15, 0.2) is 0 Å². The first-order chi connectivity index (χ1) is 9.06. The summed E-state index contributed by atoms with van der Waals surface area (Å²) in [6.45, 7) is 1.96. The Morgan fingerprint density at radius 2 is 1.89 bits per heavy atom. The number of rotatable bonds is 5. The summed E-state index contributed by atoms with van der Waals surface area (Å²) in [5, 5.41) is 7.88. The second-order valence-corrected chi connectivity index (χ2v) is 4.98. The van der Waals surface area contributed by atoms with Crippen molar-refractivity contribution in [2.24, 2.45) is 0 Å². The molecule has 6 heteroatoms. The minimum atomic E-state index is -0.509. The third-order valence-electron chi connectivity index (χ3n) is 2.55. The monoisotopic (exact) mass is 327 g/mol. The van der Waals surface area contributed by atoms with Crippen LogP contribution in [0, 0.1) is 0 Å². The zero-order chi connectivity index (χ0) is 14.3. The van der Waals surface area contributed by atoms with Gasteiger partial charge in [-0.15, -0.1) is 0 Å². The molecule has 1 rings (SSSR count). The third-order valence-corrected chi connectivity index (χ3v) is 3.08. The molecule has 1 aromatic carbocycles. The van der Waals surface area contributed by atoms with Crippen LogP contribution in [-0.4, -0.2) is 25.0 Å². The second kappa shape index (κ2) is 7.78. The molecule has 0 spiro atoms. The van der Waals surface area contributed by atoms with Gasteiger partial charge < -0.3 is 16.0 Å². The molecule has 0 fully saturated rings. The van der Waals surface area contributed by atoms with E-state index in [-0.39, 0.29) is 11.9 Å². The summed E-state index contributed by atoms with van der Waals surface area (Å²) < 4.78 is 0.938. The fourth-order valence-corrected chi connectivity index (χ4v) is 1.85. The van der Waals surface area contributed by atoms with Gasteiger partial charge in [0.1, 0.15) is 6.04 Å². The van der Waals surface area contributed by atoms with E-state index in [4.69, 9.17) is 0 Å². The van der Waals surface area contributed by atoms with Gasteiger partial charge in [-0.1, -0.05) is 29.3 Å². The first-order valence-electron chi connectivity index (χ1n) is 6.11. The molecule has 0 heterocycles. The molecule has 1 unspecified atom stereocenters. The number of nitrogens with one attached hydrogen (secondary N) is 3. The van der Waals surface area contributed by atoms with Gasteiger partial charge in [0.25, 0.3) is 0 Å². The highest BCUT2D eigenvalue weighted by atomic mass is 79.9. The van der Waals surface area contributed by atoms with Crippen molar-refractivity contribution < 1.29 is 9.59 Å². The minimum Gasteiger partial charge on any atom is -0.357 e. The van der Waals surface area contributed by atoms with E-state index in [2.05, 4.69) is 31.9 Å². The standard InChI is InChI=1S/C13H18BrN3O2/c1-3-4-11(12(18)15-2)17-13(19)16-10-7-5-9(14)6-8-10/h5-8,11H,3-4H2,1-2H3,(H,15,18)(H2,16,17,19). The van der Waals surface area contributed by atoms with Crippen LogP contribution < -0.4 is 16.0 Å². The van der Waals surface area contributed by atoms with Crippen molar-refractivity contribution in [3.63, 3.8) is 0 Å². The number of benzene rings is 1. The number of carbonyl (C=O) groups excluding carboxylic acids is 2. The molecule has 0 radical (unpaired) electrons. The summed E-state index contributed by atoms with van der Waals surface area (Å²) >= 11 is 3.32. The Morgan fingerprint density at radius 1 is 1.26 bits per heavy atom. The quantitative estimate of drug-likeness (QED) is 0.777. The molecular formula is C13H18BrN3O2. The second-order valence-electron chi connectivity index (χ2n) is 4.06. The van der Waals surface area contributed by atoms with Gasteiger partial charge in [-0.2, -0.15) is 0 Å². The Labute approximate surface area is 121 Å². The highest BCUT2D eigenvalue weighted by molar-refractivity contribution is 9.10. The van der Waals surface area contributed by atoms with E-state index in [1.807, 2.05) is 19.1 Å². The van der Waals surface area contributed by atoms with Gasteiger partial charge in [-0.3, -0.25) is 4.79 Å². The Balaban J connectivity index is 2.57. The summed E-state index contributed by atoms with van der Waals surface area (Å²) in [5.41, 5.74) is 0.674. The Hall–Kier alpha value is -1.56. The number of urea groups is 1. The van der Waals surface area contributed by atoms with Crippen molar-refractivity contribution >= 4 is 33.6 Å². The topological polar surface area (TPSA) is 70.2 Å². The van der Waals surface area contributed by atoms with Crippen LogP contribution in [0.2, 0.25) is 0 Å². The Morgan fingerprint density at radius 3 is 2.42 bits per heavy atom. The fourth-order valence-electron chi connectivity index (χ4n) is 1.59. The molecule has 104 valence electrons. The third kappa shape index (κ3) is 5.30. The summed E-state index contributed by atoms with van der Waals surface area (Å²) in [6.07, 6.45) is 1.42. The van der Waals surface area contributed by atoms with Crippen LogP contribution >= 0.6 is 15.9 Å². The number of anilines is 1. The number of amides is 3. The summed E-state index contributed by atoms with van der Waals surface area (Å²) in [5.74, 6) is -0.187. The van der Waals surface area contributed by atoms with Crippen LogP contribution in [0.1, 0.15) is 19.8 Å². The van der Waals surface area contributed by atoms with Crippen LogP contribution in [0.3, 0.4) is 0 Å². The Bertz CT molecular complexity index is 434. The predicted octanol–water partition coefficient (Wildman–Crippen LogP) is 2.49. The lowest BCUT2D eigenvalue weighted by Crippen LogP contribution is -2.47. The Kier molecular flexibility index (Phi) is 6.35. The SMILES string of the molecule is CCCC(NC(=O)Nc1ccc(Br)cc1)C(=O)NC. The fraction of sp³-hybridized carbons (Fsp3) is 0.385. The maximum atomic E-state index is 11.8. The molecule has 0 aliphatic heterocycles. The lowest BCUT2D eigenvalue weighted by Gasteiger charge is -2.17. The van der Waals surface area contributed by atoms with Crippen molar-refractivity contribution in [2.75, 3.05) is 12.4 Å². The van der Waals surface area contributed by atoms with Gasteiger partial charge in [0, 0.05) is 17.2 Å². The lowest BCUT2D eigenvalue weighted by molar-refractivity contribution is -0.122. The van der Waals surface area contributed by atoms with Gasteiger partial charge >= 0.3 is 6.03 Å². The number of carbonyl (C=O) groups is 2. The van der Waals surface area contributed by atoms with E-state index in [0.717, 1.165) is 10.9 Å². The molecule has 0 aliphatic rings. The van der Waals surface area contributed by atoms with E-state index in [0.29, 0.717) is 12.1 Å². The van der Waals surface area contributed by atoms with Gasteiger partial charge in [0.05, 0.1) is 0 Å². The van der Waals surface area contributed by atoms with E-state index < -0.39 is 6.04 Å². The molecule has 1 aromatic rings. The van der Waals surface area contributed by atoms with Crippen LogP contribution in [0.5, 0.6) is 0 Å². The van der Waals surface area contributed by atoms with Crippen molar-refractivity contribution in [2.45, 2.75) is 25.8 Å². The molecule has 19 heavy (non-hydrogen) atoms.